The first kappa shape index (κ1) is 22.6. The van der Waals surface area contributed by atoms with Crippen molar-refractivity contribution in [2.45, 2.75) is 19.3 Å². The third-order valence-electron chi connectivity index (χ3n) is 6.36. The van der Waals surface area contributed by atoms with Crippen molar-refractivity contribution in [2.75, 3.05) is 46.0 Å². The monoisotopic (exact) mass is 456 g/mol. The number of morpholine rings is 1. The minimum Gasteiger partial charge on any atom is -0.493 e. The van der Waals surface area contributed by atoms with Gasteiger partial charge in [0.25, 0.3) is 5.91 Å². The van der Waals surface area contributed by atoms with Crippen molar-refractivity contribution in [3.63, 3.8) is 0 Å². The van der Waals surface area contributed by atoms with Gasteiger partial charge < -0.3 is 19.3 Å². The van der Waals surface area contributed by atoms with Gasteiger partial charge in [-0.25, -0.2) is 0 Å². The van der Waals surface area contributed by atoms with E-state index in [-0.39, 0.29) is 17.2 Å². The fraction of sp³-hybridized carbons (Fsp3) is 0.440. The summed E-state index contributed by atoms with van der Waals surface area (Å²) in [6, 6.07) is 16.7. The molecule has 4 rings (SSSR count). The van der Waals surface area contributed by atoms with Crippen molar-refractivity contribution in [1.82, 2.24) is 9.80 Å². The number of halogens is 1. The fourth-order valence-corrected chi connectivity index (χ4v) is 4.55. The number of piperidine rings is 1. The second-order valence-electron chi connectivity index (χ2n) is 8.57. The highest BCUT2D eigenvalue weighted by Gasteiger charge is 2.40. The zero-order valence-electron chi connectivity index (χ0n) is 18.2. The van der Waals surface area contributed by atoms with Crippen LogP contribution in [-0.2, 0) is 9.53 Å². The number of rotatable bonds is 6. The van der Waals surface area contributed by atoms with Gasteiger partial charge in [-0.15, -0.1) is 0 Å². The lowest BCUT2D eigenvalue weighted by atomic mass is 9.75. The zero-order chi connectivity index (χ0) is 22.4. The van der Waals surface area contributed by atoms with Crippen LogP contribution in [0, 0.1) is 5.41 Å². The molecule has 0 saturated carbocycles. The lowest BCUT2D eigenvalue weighted by Gasteiger charge is -2.42. The number of nitrogens with zero attached hydrogens (tertiary/aromatic N) is 2. The molecule has 0 atom stereocenters. The highest BCUT2D eigenvalue weighted by atomic mass is 35.5. The number of ether oxygens (including phenoxy) is 2. The Balaban J connectivity index is 1.44. The van der Waals surface area contributed by atoms with Gasteiger partial charge in [0, 0.05) is 48.6 Å². The Labute approximate surface area is 194 Å². The lowest BCUT2D eigenvalue weighted by molar-refractivity contribution is -0.139. The van der Waals surface area contributed by atoms with Gasteiger partial charge in [-0.1, -0.05) is 35.9 Å². The number of hydrogen-bond donors (Lipinski definition) is 0. The van der Waals surface area contributed by atoms with Crippen molar-refractivity contribution in [3.05, 3.63) is 65.2 Å². The molecule has 32 heavy (non-hydrogen) atoms. The normalized spacial score (nSPS) is 18.3. The van der Waals surface area contributed by atoms with E-state index < -0.39 is 0 Å². The van der Waals surface area contributed by atoms with Crippen molar-refractivity contribution >= 4 is 23.4 Å². The van der Waals surface area contributed by atoms with Crippen LogP contribution in [0.1, 0.15) is 29.6 Å². The van der Waals surface area contributed by atoms with E-state index in [0.717, 1.165) is 5.75 Å². The molecular formula is C25H29ClN2O4. The summed E-state index contributed by atoms with van der Waals surface area (Å²) in [6.07, 6.45) is 1.84. The first-order valence-electron chi connectivity index (χ1n) is 11.1. The third kappa shape index (κ3) is 5.61. The summed E-state index contributed by atoms with van der Waals surface area (Å²) in [6.45, 7) is 4.05. The molecule has 0 N–H and O–H groups in total. The van der Waals surface area contributed by atoms with Crippen LogP contribution in [0.5, 0.6) is 5.75 Å². The molecule has 0 spiro atoms. The van der Waals surface area contributed by atoms with Crippen LogP contribution >= 0.6 is 11.6 Å². The van der Waals surface area contributed by atoms with Crippen molar-refractivity contribution < 1.29 is 19.1 Å². The standard InChI is InChI=1S/C25H29ClN2O4/c26-21-6-4-5-20(17-21)24(30)28-11-9-25(10-12-28,19-32-22-7-2-1-3-8-22)18-23(29)27-13-15-31-16-14-27/h1-8,17H,9-16,18-19H2. The van der Waals surface area contributed by atoms with Gasteiger partial charge in [-0.3, -0.25) is 9.59 Å². The molecule has 7 heteroatoms. The molecular weight excluding hydrogens is 428 g/mol. The number of carbonyl (C=O) groups excluding carboxylic acids is 2. The van der Waals surface area contributed by atoms with Gasteiger partial charge in [0.1, 0.15) is 5.75 Å². The predicted octanol–water partition coefficient (Wildman–Crippen LogP) is 3.89. The van der Waals surface area contributed by atoms with E-state index in [1.165, 1.54) is 0 Å². The minimum atomic E-state index is -0.309. The predicted molar refractivity (Wildman–Crippen MR) is 123 cm³/mol. The maximum atomic E-state index is 13.1. The highest BCUT2D eigenvalue weighted by Crippen LogP contribution is 2.37. The van der Waals surface area contributed by atoms with E-state index in [0.29, 0.717) is 75.8 Å². The SMILES string of the molecule is O=C(CC1(COc2ccccc2)CCN(C(=O)c2cccc(Cl)c2)CC1)N1CCOCC1. The highest BCUT2D eigenvalue weighted by molar-refractivity contribution is 6.30. The number of hydrogen-bond acceptors (Lipinski definition) is 4. The molecule has 2 aliphatic heterocycles. The molecule has 170 valence electrons. The van der Waals surface area contributed by atoms with E-state index in [1.807, 2.05) is 40.1 Å². The molecule has 2 aromatic rings. The van der Waals surface area contributed by atoms with Gasteiger partial charge in [-0.2, -0.15) is 0 Å². The lowest BCUT2D eigenvalue weighted by Crippen LogP contribution is -2.49. The van der Waals surface area contributed by atoms with E-state index >= 15 is 0 Å². The summed E-state index contributed by atoms with van der Waals surface area (Å²) >= 11 is 6.07. The van der Waals surface area contributed by atoms with Crippen molar-refractivity contribution in [1.29, 1.82) is 0 Å². The number of carbonyl (C=O) groups is 2. The molecule has 2 heterocycles. The average molecular weight is 457 g/mol. The maximum absolute atomic E-state index is 13.1. The van der Waals surface area contributed by atoms with Crippen LogP contribution in [-0.4, -0.2) is 67.6 Å². The molecule has 2 aliphatic rings. The Morgan fingerprint density at radius 3 is 2.34 bits per heavy atom. The van der Waals surface area contributed by atoms with Crippen LogP contribution in [0.2, 0.25) is 5.02 Å². The zero-order valence-corrected chi connectivity index (χ0v) is 18.9. The van der Waals surface area contributed by atoms with Crippen LogP contribution < -0.4 is 4.74 Å². The van der Waals surface area contributed by atoms with Gasteiger partial charge in [0.2, 0.25) is 5.91 Å². The van der Waals surface area contributed by atoms with E-state index in [4.69, 9.17) is 21.1 Å². The minimum absolute atomic E-state index is 0.0235. The van der Waals surface area contributed by atoms with E-state index in [1.54, 1.807) is 24.3 Å². The number of amides is 2. The number of para-hydroxylation sites is 1. The summed E-state index contributed by atoms with van der Waals surface area (Å²) in [5.41, 5.74) is 0.283. The third-order valence-corrected chi connectivity index (χ3v) is 6.60. The van der Waals surface area contributed by atoms with Gasteiger partial charge >= 0.3 is 0 Å². The average Bonchev–Trinajstić information content (AvgIpc) is 2.84. The molecule has 6 nitrogen and oxygen atoms in total. The summed E-state index contributed by atoms with van der Waals surface area (Å²) in [4.78, 5) is 29.8. The molecule has 2 fully saturated rings. The molecule has 0 radical (unpaired) electrons. The quantitative estimate of drug-likeness (QED) is 0.661. The maximum Gasteiger partial charge on any atom is 0.253 e. The molecule has 0 unspecified atom stereocenters. The second-order valence-corrected chi connectivity index (χ2v) is 9.01. The Hall–Kier alpha value is -2.57. The first-order valence-corrected chi connectivity index (χ1v) is 11.5. The molecule has 0 aromatic heterocycles. The summed E-state index contributed by atoms with van der Waals surface area (Å²) < 4.78 is 11.5. The van der Waals surface area contributed by atoms with Gasteiger partial charge in [0.15, 0.2) is 0 Å². The molecule has 0 bridgehead atoms. The largest absolute Gasteiger partial charge is 0.493 e. The van der Waals surface area contributed by atoms with E-state index in [2.05, 4.69) is 0 Å². The molecule has 2 saturated heterocycles. The summed E-state index contributed by atoms with van der Waals surface area (Å²) in [5.74, 6) is 0.910. The van der Waals surface area contributed by atoms with Crippen LogP contribution in [0.3, 0.4) is 0 Å². The van der Waals surface area contributed by atoms with E-state index in [9.17, 15) is 9.59 Å². The van der Waals surface area contributed by atoms with Crippen LogP contribution in [0.15, 0.2) is 54.6 Å². The Morgan fingerprint density at radius 1 is 0.938 bits per heavy atom. The molecule has 2 amide bonds. The summed E-state index contributed by atoms with van der Waals surface area (Å²) in [5, 5.41) is 0.551. The Kier molecular flexibility index (Phi) is 7.33. The Morgan fingerprint density at radius 2 is 1.66 bits per heavy atom. The first-order chi connectivity index (χ1) is 15.5. The number of likely N-dealkylation sites (tertiary alicyclic amines) is 1. The van der Waals surface area contributed by atoms with Crippen molar-refractivity contribution in [3.8, 4) is 5.75 Å². The topological polar surface area (TPSA) is 59.1 Å². The van der Waals surface area contributed by atoms with Gasteiger partial charge in [0.05, 0.1) is 19.8 Å². The van der Waals surface area contributed by atoms with Crippen LogP contribution in [0.25, 0.3) is 0 Å². The Bertz CT molecular complexity index is 923. The van der Waals surface area contributed by atoms with Crippen LogP contribution in [0.4, 0.5) is 0 Å². The molecule has 2 aromatic carbocycles. The smallest absolute Gasteiger partial charge is 0.253 e. The summed E-state index contributed by atoms with van der Waals surface area (Å²) in [7, 11) is 0. The fourth-order valence-electron chi connectivity index (χ4n) is 4.36. The number of benzene rings is 2. The molecule has 0 aliphatic carbocycles. The van der Waals surface area contributed by atoms with Crippen molar-refractivity contribution in [2.24, 2.45) is 5.41 Å². The van der Waals surface area contributed by atoms with Gasteiger partial charge in [-0.05, 0) is 43.2 Å². The second kappa shape index (κ2) is 10.4.